The third kappa shape index (κ3) is 5.77. The van der Waals surface area contributed by atoms with Gasteiger partial charge in [0.15, 0.2) is 5.78 Å². The van der Waals surface area contributed by atoms with Gasteiger partial charge in [0.1, 0.15) is 17.8 Å². The fraction of sp³-hybridized carbons (Fsp3) is 0.414. The van der Waals surface area contributed by atoms with Gasteiger partial charge in [-0.15, -0.1) is 0 Å². The maximum atomic E-state index is 13.3. The lowest BCUT2D eigenvalue weighted by molar-refractivity contribution is 0.0903. The minimum Gasteiger partial charge on any atom is -0.346 e. The van der Waals surface area contributed by atoms with E-state index < -0.39 is 0 Å². The number of Topliss-reactive ketones (excluding diaryl/α,β-unsaturated/α-hetero) is 1. The molecule has 3 aromatic heterocycles. The van der Waals surface area contributed by atoms with Gasteiger partial charge >= 0.3 is 0 Å². The van der Waals surface area contributed by atoms with Crippen molar-refractivity contribution in [2.75, 3.05) is 0 Å². The molecule has 1 N–H and O–H groups in total. The number of aromatic nitrogens is 5. The second-order valence-corrected chi connectivity index (χ2v) is 10.1. The molecule has 1 fully saturated rings. The van der Waals surface area contributed by atoms with Gasteiger partial charge < -0.3 is 4.98 Å². The molecular formula is C29H31FN6O. The first-order valence-electron chi connectivity index (χ1n) is 13.1. The molecule has 3 unspecified atom stereocenters. The molecule has 1 saturated carbocycles. The van der Waals surface area contributed by atoms with Gasteiger partial charge in [-0.2, -0.15) is 10.4 Å². The molecule has 3 heterocycles. The number of nitriles is 1. The average Bonchev–Trinajstić information content (AvgIpc) is 3.60. The summed E-state index contributed by atoms with van der Waals surface area (Å²) in [6.45, 7) is 0. The predicted octanol–water partition coefficient (Wildman–Crippen LogP) is 6.66. The second kappa shape index (κ2) is 11.5. The number of rotatable bonds is 7. The van der Waals surface area contributed by atoms with E-state index in [0.717, 1.165) is 73.7 Å². The van der Waals surface area contributed by atoms with E-state index >= 15 is 0 Å². The molecule has 1 aliphatic carbocycles. The number of benzene rings is 1. The van der Waals surface area contributed by atoms with Crippen LogP contribution in [0.4, 0.5) is 4.39 Å². The zero-order chi connectivity index (χ0) is 25.6. The number of hydrogen-bond donors (Lipinski definition) is 1. The molecule has 7 nitrogen and oxygen atoms in total. The van der Waals surface area contributed by atoms with Crippen LogP contribution in [0.5, 0.6) is 0 Å². The molecule has 4 aromatic rings. The molecule has 190 valence electrons. The fourth-order valence-electron chi connectivity index (χ4n) is 5.65. The molecule has 0 spiro atoms. The number of H-pyrrole nitrogens is 1. The van der Waals surface area contributed by atoms with E-state index in [1.165, 1.54) is 12.1 Å². The molecule has 0 radical (unpaired) electrons. The minimum absolute atomic E-state index is 0.00841. The number of aromatic amines is 1. The van der Waals surface area contributed by atoms with Crippen molar-refractivity contribution in [3.8, 4) is 17.3 Å². The summed E-state index contributed by atoms with van der Waals surface area (Å²) in [4.78, 5) is 24.9. The number of halogens is 1. The first kappa shape index (κ1) is 24.8. The molecular weight excluding hydrogens is 467 g/mol. The summed E-state index contributed by atoms with van der Waals surface area (Å²) < 4.78 is 15.2. The first-order valence-corrected chi connectivity index (χ1v) is 13.1. The Bertz CT molecular complexity index is 1390. The molecule has 1 aromatic carbocycles. The van der Waals surface area contributed by atoms with E-state index in [-0.39, 0.29) is 23.6 Å². The normalized spacial score (nSPS) is 19.5. The van der Waals surface area contributed by atoms with Gasteiger partial charge in [0.25, 0.3) is 0 Å². The number of carbonyl (C=O) groups is 1. The lowest BCUT2D eigenvalue weighted by atomic mass is 9.88. The smallest absolute Gasteiger partial charge is 0.165 e. The summed E-state index contributed by atoms with van der Waals surface area (Å²) in [5, 5.41) is 15.1. The van der Waals surface area contributed by atoms with Crippen molar-refractivity contribution in [3.05, 3.63) is 66.6 Å². The molecule has 8 heteroatoms. The van der Waals surface area contributed by atoms with E-state index in [1.807, 2.05) is 29.3 Å². The van der Waals surface area contributed by atoms with Crippen molar-refractivity contribution < 1.29 is 9.18 Å². The summed E-state index contributed by atoms with van der Waals surface area (Å²) in [7, 11) is 0. The van der Waals surface area contributed by atoms with Crippen molar-refractivity contribution in [3.63, 3.8) is 0 Å². The third-order valence-corrected chi connectivity index (χ3v) is 7.61. The Hall–Kier alpha value is -3.86. The van der Waals surface area contributed by atoms with Gasteiger partial charge in [-0.25, -0.2) is 14.4 Å². The zero-order valence-corrected chi connectivity index (χ0v) is 20.8. The molecule has 0 saturated heterocycles. The van der Waals surface area contributed by atoms with Crippen LogP contribution in [0.3, 0.4) is 0 Å². The largest absolute Gasteiger partial charge is 0.346 e. The standard InChI is InChI=1S/C29H31FN6O/c30-24-10-8-22(9-11-24)28(37)21-6-2-1-4-20(5-3-7-21)16-25(12-14-31)36-18-23(17-35-36)27-26-13-15-32-29(26)34-19-33-27/h8-11,13,15,17-21,25H,1-7,12,16H2,(H,32,33,34). The highest BCUT2D eigenvalue weighted by molar-refractivity contribution is 5.97. The van der Waals surface area contributed by atoms with Crippen LogP contribution in [-0.2, 0) is 0 Å². The Morgan fingerprint density at radius 3 is 2.73 bits per heavy atom. The molecule has 0 aliphatic heterocycles. The molecule has 37 heavy (non-hydrogen) atoms. The van der Waals surface area contributed by atoms with Gasteiger partial charge in [-0.3, -0.25) is 9.48 Å². The Labute approximate surface area is 215 Å². The van der Waals surface area contributed by atoms with Gasteiger partial charge in [-0.05, 0) is 55.5 Å². The minimum atomic E-state index is -0.320. The van der Waals surface area contributed by atoms with Gasteiger partial charge in [0, 0.05) is 34.8 Å². The van der Waals surface area contributed by atoms with E-state index in [9.17, 15) is 14.4 Å². The number of nitrogens with one attached hydrogen (secondary N) is 1. The van der Waals surface area contributed by atoms with E-state index in [2.05, 4.69) is 26.1 Å². The van der Waals surface area contributed by atoms with Crippen LogP contribution < -0.4 is 0 Å². The highest BCUT2D eigenvalue weighted by atomic mass is 19.1. The van der Waals surface area contributed by atoms with Gasteiger partial charge in [0.05, 0.1) is 30.4 Å². The molecule has 1 aliphatic rings. The first-order chi connectivity index (χ1) is 18.1. The van der Waals surface area contributed by atoms with Crippen molar-refractivity contribution in [1.29, 1.82) is 5.26 Å². The maximum Gasteiger partial charge on any atom is 0.165 e. The van der Waals surface area contributed by atoms with Crippen molar-refractivity contribution in [1.82, 2.24) is 24.7 Å². The van der Waals surface area contributed by atoms with Crippen LogP contribution in [-0.4, -0.2) is 30.5 Å². The molecule has 5 rings (SSSR count). The van der Waals surface area contributed by atoms with E-state index in [0.29, 0.717) is 17.9 Å². The number of nitrogens with zero attached hydrogens (tertiary/aromatic N) is 5. The summed E-state index contributed by atoms with van der Waals surface area (Å²) in [6.07, 6.45) is 15.3. The van der Waals surface area contributed by atoms with Crippen molar-refractivity contribution in [2.24, 2.45) is 11.8 Å². The van der Waals surface area contributed by atoms with Crippen LogP contribution in [0.1, 0.15) is 74.2 Å². The van der Waals surface area contributed by atoms with Crippen molar-refractivity contribution >= 4 is 16.8 Å². The van der Waals surface area contributed by atoms with Crippen LogP contribution in [0.2, 0.25) is 0 Å². The van der Waals surface area contributed by atoms with Gasteiger partial charge in [-0.1, -0.05) is 32.1 Å². The zero-order valence-electron chi connectivity index (χ0n) is 20.8. The lowest BCUT2D eigenvalue weighted by Gasteiger charge is -2.22. The maximum absolute atomic E-state index is 13.3. The van der Waals surface area contributed by atoms with Gasteiger partial charge in [0.2, 0.25) is 0 Å². The van der Waals surface area contributed by atoms with Crippen LogP contribution in [0.25, 0.3) is 22.3 Å². The lowest BCUT2D eigenvalue weighted by Crippen LogP contribution is -2.16. The second-order valence-electron chi connectivity index (χ2n) is 10.1. The van der Waals surface area contributed by atoms with Crippen LogP contribution in [0, 0.1) is 29.0 Å². The molecule has 0 amide bonds. The number of fused-ring (bicyclic) bond motifs is 1. The monoisotopic (exact) mass is 498 g/mol. The highest BCUT2D eigenvalue weighted by Gasteiger charge is 2.25. The number of carbonyl (C=O) groups excluding carboxylic acids is 1. The molecule has 3 atom stereocenters. The van der Waals surface area contributed by atoms with E-state index in [1.54, 1.807) is 18.5 Å². The Kier molecular flexibility index (Phi) is 7.69. The summed E-state index contributed by atoms with van der Waals surface area (Å²) in [5.74, 6) is 0.276. The predicted molar refractivity (Wildman–Crippen MR) is 139 cm³/mol. The Morgan fingerprint density at radius 1 is 1.11 bits per heavy atom. The van der Waals surface area contributed by atoms with Crippen molar-refractivity contribution in [2.45, 2.75) is 63.8 Å². The van der Waals surface area contributed by atoms with Crippen LogP contribution in [0.15, 0.2) is 55.2 Å². The Balaban J connectivity index is 1.25. The van der Waals surface area contributed by atoms with Crippen LogP contribution >= 0.6 is 0 Å². The average molecular weight is 499 g/mol. The molecule has 0 bridgehead atoms. The highest BCUT2D eigenvalue weighted by Crippen LogP contribution is 2.33. The number of ketones is 1. The topological polar surface area (TPSA) is 100 Å². The Morgan fingerprint density at radius 2 is 1.89 bits per heavy atom. The summed E-state index contributed by atoms with van der Waals surface area (Å²) >= 11 is 0. The fourth-order valence-corrected chi connectivity index (χ4v) is 5.65. The summed E-state index contributed by atoms with van der Waals surface area (Å²) in [6, 6.07) is 10.2. The SMILES string of the molecule is N#CCC(CC1CCCCC(C(=O)c2ccc(F)cc2)CCC1)n1cc(-c2ncnc3[nH]ccc23)cn1. The summed E-state index contributed by atoms with van der Waals surface area (Å²) in [5.41, 5.74) is 3.12. The van der Waals surface area contributed by atoms with E-state index in [4.69, 9.17) is 0 Å². The third-order valence-electron chi connectivity index (χ3n) is 7.61. The number of hydrogen-bond acceptors (Lipinski definition) is 5. The quantitative estimate of drug-likeness (QED) is 0.287.